The van der Waals surface area contributed by atoms with Crippen LogP contribution in [0.3, 0.4) is 0 Å². The number of guanidine groups is 1. The van der Waals surface area contributed by atoms with Crippen molar-refractivity contribution in [3.8, 4) is 0 Å². The van der Waals surface area contributed by atoms with Gasteiger partial charge in [0.15, 0.2) is 5.96 Å². The number of carbonyl (C=O) groups is 1. The van der Waals surface area contributed by atoms with Crippen molar-refractivity contribution in [3.05, 3.63) is 35.9 Å². The third-order valence-electron chi connectivity index (χ3n) is 4.76. The van der Waals surface area contributed by atoms with Gasteiger partial charge in [0.1, 0.15) is 0 Å². The molecule has 1 aromatic carbocycles. The molecule has 1 unspecified atom stereocenters. The third kappa shape index (κ3) is 8.34. The van der Waals surface area contributed by atoms with Crippen molar-refractivity contribution in [2.45, 2.75) is 52.2 Å². The van der Waals surface area contributed by atoms with Gasteiger partial charge in [0.05, 0.1) is 12.6 Å². The molecule has 0 radical (unpaired) electrons. The quantitative estimate of drug-likeness (QED) is 0.304. The summed E-state index contributed by atoms with van der Waals surface area (Å²) >= 11 is 0. The first-order valence-electron chi connectivity index (χ1n) is 10.0. The lowest BCUT2D eigenvalue weighted by molar-refractivity contribution is -0.135. The largest absolute Gasteiger partial charge is 0.391 e. The second-order valence-corrected chi connectivity index (χ2v) is 7.46. The second-order valence-electron chi connectivity index (χ2n) is 7.46. The molecule has 3 N–H and O–H groups in total. The van der Waals surface area contributed by atoms with Gasteiger partial charge in [-0.05, 0) is 25.3 Å². The second kappa shape index (κ2) is 13.0. The molecule has 1 heterocycles. The molecule has 158 valence electrons. The van der Waals surface area contributed by atoms with E-state index in [0.717, 1.165) is 44.0 Å². The summed E-state index contributed by atoms with van der Waals surface area (Å²) in [7, 11) is 0. The van der Waals surface area contributed by atoms with Crippen molar-refractivity contribution < 1.29 is 9.90 Å². The Morgan fingerprint density at radius 2 is 1.89 bits per heavy atom. The van der Waals surface area contributed by atoms with Gasteiger partial charge in [-0.1, -0.05) is 44.2 Å². The van der Waals surface area contributed by atoms with Crippen molar-refractivity contribution in [2.24, 2.45) is 10.9 Å². The van der Waals surface area contributed by atoms with E-state index in [4.69, 9.17) is 0 Å². The van der Waals surface area contributed by atoms with E-state index in [1.807, 2.05) is 56.0 Å². The zero-order valence-corrected chi connectivity index (χ0v) is 19.6. The number of benzene rings is 1. The first-order chi connectivity index (χ1) is 13.0. The number of rotatable bonds is 7. The number of nitrogens with one attached hydrogen (secondary N) is 2. The number of aliphatic imine (C=N–C) groups is 1. The number of amides is 1. The van der Waals surface area contributed by atoms with E-state index in [-0.39, 0.29) is 35.8 Å². The Kier molecular flexibility index (Phi) is 11.4. The third-order valence-corrected chi connectivity index (χ3v) is 4.76. The van der Waals surface area contributed by atoms with Crippen LogP contribution < -0.4 is 10.6 Å². The van der Waals surface area contributed by atoms with E-state index in [9.17, 15) is 9.90 Å². The fourth-order valence-electron chi connectivity index (χ4n) is 3.27. The molecule has 0 aromatic heterocycles. The fourth-order valence-corrected chi connectivity index (χ4v) is 3.27. The predicted octanol–water partition coefficient (Wildman–Crippen LogP) is 2.41. The van der Waals surface area contributed by atoms with Gasteiger partial charge in [-0.25, -0.2) is 0 Å². The molecular formula is C21H35IN4O2. The van der Waals surface area contributed by atoms with Crippen molar-refractivity contribution in [3.63, 3.8) is 0 Å². The van der Waals surface area contributed by atoms with Crippen molar-refractivity contribution in [2.75, 3.05) is 26.2 Å². The molecule has 1 fully saturated rings. The van der Waals surface area contributed by atoms with Gasteiger partial charge in [0.25, 0.3) is 0 Å². The maximum atomic E-state index is 12.1. The molecule has 1 aromatic rings. The predicted molar refractivity (Wildman–Crippen MR) is 125 cm³/mol. The summed E-state index contributed by atoms with van der Waals surface area (Å²) in [6.07, 6.45) is 1.91. The molecule has 0 saturated carbocycles. The molecule has 1 aliphatic heterocycles. The maximum Gasteiger partial charge on any atom is 0.225 e. The van der Waals surface area contributed by atoms with Gasteiger partial charge in [-0.15, -0.1) is 24.0 Å². The highest BCUT2D eigenvalue weighted by atomic mass is 127. The number of hydrogen-bond acceptors (Lipinski definition) is 3. The number of nitrogens with zero attached hydrogens (tertiary/aromatic N) is 2. The molecule has 28 heavy (non-hydrogen) atoms. The van der Waals surface area contributed by atoms with Gasteiger partial charge in [-0.2, -0.15) is 0 Å². The minimum Gasteiger partial charge on any atom is -0.391 e. The summed E-state index contributed by atoms with van der Waals surface area (Å²) in [4.78, 5) is 18.6. The Hall–Kier alpha value is -1.35. The lowest BCUT2D eigenvalue weighted by atomic mass is 10.0. The van der Waals surface area contributed by atoms with Crippen LogP contribution in [0, 0.1) is 5.92 Å². The summed E-state index contributed by atoms with van der Waals surface area (Å²) in [5.41, 5.74) is 1.11. The lowest BCUT2D eigenvalue weighted by Crippen LogP contribution is -2.50. The maximum absolute atomic E-state index is 12.1. The summed E-state index contributed by atoms with van der Waals surface area (Å²) in [5, 5.41) is 17.0. The number of aliphatic hydroxyl groups is 1. The van der Waals surface area contributed by atoms with Gasteiger partial charge < -0.3 is 20.6 Å². The van der Waals surface area contributed by atoms with Gasteiger partial charge in [0.2, 0.25) is 5.91 Å². The highest BCUT2D eigenvalue weighted by Gasteiger charge is 2.24. The minimum absolute atomic E-state index is 0. The van der Waals surface area contributed by atoms with Gasteiger partial charge in [0, 0.05) is 38.0 Å². The molecule has 2 rings (SSSR count). The summed E-state index contributed by atoms with van der Waals surface area (Å²) in [6, 6.07) is 10.3. The number of aliphatic hydroxyl groups excluding tert-OH is 1. The summed E-state index contributed by atoms with van der Waals surface area (Å²) < 4.78 is 0. The zero-order valence-electron chi connectivity index (χ0n) is 17.2. The minimum atomic E-state index is -0.506. The Labute approximate surface area is 186 Å². The molecule has 0 bridgehead atoms. The van der Waals surface area contributed by atoms with Gasteiger partial charge in [-0.3, -0.25) is 9.79 Å². The SMILES string of the molecule is CCNC(=NCC(O)Cc1ccccc1)NC1CCN(C(=O)C(C)C)CC1.I. The summed E-state index contributed by atoms with van der Waals surface area (Å²) in [5.74, 6) is 1.02. The van der Waals surface area contributed by atoms with Crippen molar-refractivity contribution in [1.29, 1.82) is 0 Å². The first-order valence-corrected chi connectivity index (χ1v) is 10.0. The fraction of sp³-hybridized carbons (Fsp3) is 0.619. The van der Waals surface area contributed by atoms with Crippen LogP contribution in [-0.4, -0.2) is 60.2 Å². The standard InChI is InChI=1S/C21H34N4O2.HI/c1-4-22-21(23-15-19(26)14-17-8-6-5-7-9-17)24-18-10-12-25(13-11-18)20(27)16(2)3;/h5-9,16,18-19,26H,4,10-15H2,1-3H3,(H2,22,23,24);1H. The average molecular weight is 502 g/mol. The highest BCUT2D eigenvalue weighted by molar-refractivity contribution is 14.0. The monoisotopic (exact) mass is 502 g/mol. The number of halogens is 1. The Morgan fingerprint density at radius 1 is 1.25 bits per heavy atom. The highest BCUT2D eigenvalue weighted by Crippen LogP contribution is 2.13. The number of hydrogen-bond donors (Lipinski definition) is 3. The normalized spacial score (nSPS) is 16.5. The van der Waals surface area contributed by atoms with Crippen molar-refractivity contribution >= 4 is 35.8 Å². The van der Waals surface area contributed by atoms with E-state index >= 15 is 0 Å². The van der Waals surface area contributed by atoms with Crippen LogP contribution in [0.15, 0.2) is 35.3 Å². The first kappa shape index (κ1) is 24.7. The van der Waals surface area contributed by atoms with Crippen LogP contribution in [-0.2, 0) is 11.2 Å². The van der Waals surface area contributed by atoms with E-state index in [1.165, 1.54) is 0 Å². The van der Waals surface area contributed by atoms with E-state index in [2.05, 4.69) is 15.6 Å². The molecule has 7 heteroatoms. The molecule has 1 amide bonds. The molecule has 0 aliphatic carbocycles. The Balaban J connectivity index is 0.00000392. The zero-order chi connectivity index (χ0) is 19.6. The average Bonchev–Trinajstić information content (AvgIpc) is 2.67. The molecular weight excluding hydrogens is 467 g/mol. The number of carbonyl (C=O) groups excluding carboxylic acids is 1. The van der Waals surface area contributed by atoms with Crippen LogP contribution in [0.1, 0.15) is 39.2 Å². The molecule has 1 saturated heterocycles. The molecule has 6 nitrogen and oxygen atoms in total. The summed E-state index contributed by atoms with van der Waals surface area (Å²) in [6.45, 7) is 8.61. The van der Waals surface area contributed by atoms with Crippen LogP contribution >= 0.6 is 24.0 Å². The molecule has 1 atom stereocenters. The van der Waals surface area contributed by atoms with Crippen LogP contribution in [0.2, 0.25) is 0 Å². The Morgan fingerprint density at radius 3 is 2.46 bits per heavy atom. The van der Waals surface area contributed by atoms with Crippen molar-refractivity contribution in [1.82, 2.24) is 15.5 Å². The van der Waals surface area contributed by atoms with Crippen LogP contribution in [0.5, 0.6) is 0 Å². The van der Waals surface area contributed by atoms with Gasteiger partial charge >= 0.3 is 0 Å². The lowest BCUT2D eigenvalue weighted by Gasteiger charge is -2.34. The Bertz CT molecular complexity index is 602. The smallest absolute Gasteiger partial charge is 0.225 e. The molecule has 1 aliphatic rings. The van der Waals surface area contributed by atoms with Crippen LogP contribution in [0.4, 0.5) is 0 Å². The van der Waals surface area contributed by atoms with E-state index < -0.39 is 6.10 Å². The number of piperidine rings is 1. The number of likely N-dealkylation sites (tertiary alicyclic amines) is 1. The van der Waals surface area contributed by atoms with Crippen LogP contribution in [0.25, 0.3) is 0 Å². The van der Waals surface area contributed by atoms with E-state index in [1.54, 1.807) is 0 Å². The molecule has 0 spiro atoms. The van der Waals surface area contributed by atoms with E-state index in [0.29, 0.717) is 19.0 Å². The topological polar surface area (TPSA) is 77.0 Å².